The van der Waals surface area contributed by atoms with Crippen LogP contribution in [-0.2, 0) is 4.79 Å². The third-order valence-electron chi connectivity index (χ3n) is 1.23. The minimum absolute atomic E-state index is 0.119. The van der Waals surface area contributed by atoms with Gasteiger partial charge in [-0.1, -0.05) is 34.7 Å². The fourth-order valence-electron chi connectivity index (χ4n) is 0.626. The molecule has 0 aliphatic heterocycles. The van der Waals surface area contributed by atoms with Crippen LogP contribution in [-0.4, -0.2) is 11.1 Å². The number of hydrogen-bond acceptors (Lipinski definition) is 1. The van der Waals surface area contributed by atoms with E-state index in [0.717, 1.165) is 18.2 Å². The summed E-state index contributed by atoms with van der Waals surface area (Å²) in [5.74, 6) is 0.119. The first-order valence-corrected chi connectivity index (χ1v) is 4.79. The van der Waals surface area contributed by atoms with Crippen LogP contribution in [0.4, 0.5) is 0 Å². The van der Waals surface area contributed by atoms with Crippen molar-refractivity contribution in [2.24, 2.45) is 0 Å². The van der Waals surface area contributed by atoms with E-state index in [1.165, 1.54) is 6.08 Å². The molecule has 0 bridgehead atoms. The summed E-state index contributed by atoms with van der Waals surface area (Å²) in [6.07, 6.45) is 7.93. The highest BCUT2D eigenvalue weighted by atomic mass is 79.9. The Labute approximate surface area is 76.3 Å². The molecule has 0 unspecified atom stereocenters. The summed E-state index contributed by atoms with van der Waals surface area (Å²) in [4.78, 5) is 10.7. The molecule has 0 amide bonds. The van der Waals surface area contributed by atoms with Crippen molar-refractivity contribution >= 4 is 21.7 Å². The molecule has 0 heterocycles. The monoisotopic (exact) mass is 216 g/mol. The van der Waals surface area contributed by atoms with Gasteiger partial charge in [0.15, 0.2) is 5.78 Å². The molecular weight excluding hydrogens is 204 g/mol. The number of ketones is 1. The van der Waals surface area contributed by atoms with E-state index in [1.807, 2.05) is 6.08 Å². The predicted molar refractivity (Wildman–Crippen MR) is 52.0 cm³/mol. The third-order valence-corrected chi connectivity index (χ3v) is 1.69. The Kier molecular flexibility index (Phi) is 7.47. The molecule has 0 saturated carbocycles. The molecule has 0 saturated heterocycles. The lowest BCUT2D eigenvalue weighted by atomic mass is 10.2. The second-order valence-electron chi connectivity index (χ2n) is 2.16. The number of halogens is 1. The standard InChI is InChI=1S/C9H13BrO/c1-2-9(11)7-5-3-4-6-8-10/h2-4H,1,5-8H2/b4-3+. The Bertz CT molecular complexity index is 150. The normalized spacial score (nSPS) is 10.3. The van der Waals surface area contributed by atoms with Crippen molar-refractivity contribution in [1.82, 2.24) is 0 Å². The highest BCUT2D eigenvalue weighted by molar-refractivity contribution is 9.09. The van der Waals surface area contributed by atoms with Crippen molar-refractivity contribution in [2.45, 2.75) is 19.3 Å². The number of alkyl halides is 1. The molecule has 0 aromatic carbocycles. The Morgan fingerprint density at radius 1 is 1.36 bits per heavy atom. The number of rotatable bonds is 6. The molecule has 0 N–H and O–H groups in total. The topological polar surface area (TPSA) is 17.1 Å². The average Bonchev–Trinajstić information content (AvgIpc) is 2.04. The second kappa shape index (κ2) is 7.73. The van der Waals surface area contributed by atoms with Crippen LogP contribution < -0.4 is 0 Å². The molecule has 62 valence electrons. The van der Waals surface area contributed by atoms with E-state index in [1.54, 1.807) is 0 Å². The van der Waals surface area contributed by atoms with E-state index in [-0.39, 0.29) is 5.78 Å². The first-order chi connectivity index (χ1) is 5.31. The molecule has 0 aliphatic rings. The zero-order chi connectivity index (χ0) is 8.53. The van der Waals surface area contributed by atoms with Gasteiger partial charge < -0.3 is 0 Å². The van der Waals surface area contributed by atoms with E-state index in [0.29, 0.717) is 6.42 Å². The average molecular weight is 217 g/mol. The largest absolute Gasteiger partial charge is 0.295 e. The van der Waals surface area contributed by atoms with Gasteiger partial charge >= 0.3 is 0 Å². The van der Waals surface area contributed by atoms with Crippen molar-refractivity contribution in [3.05, 3.63) is 24.8 Å². The number of carbonyl (C=O) groups excluding carboxylic acids is 1. The lowest BCUT2D eigenvalue weighted by Gasteiger charge is -1.88. The Hall–Kier alpha value is -0.370. The molecule has 0 aromatic rings. The van der Waals surface area contributed by atoms with E-state index in [9.17, 15) is 4.79 Å². The Morgan fingerprint density at radius 3 is 2.55 bits per heavy atom. The third kappa shape index (κ3) is 7.53. The van der Waals surface area contributed by atoms with Gasteiger partial charge in [0.2, 0.25) is 0 Å². The van der Waals surface area contributed by atoms with E-state index < -0.39 is 0 Å². The fourth-order valence-corrected chi connectivity index (χ4v) is 0.891. The molecule has 0 atom stereocenters. The van der Waals surface area contributed by atoms with Gasteiger partial charge in [0.1, 0.15) is 0 Å². The van der Waals surface area contributed by atoms with Gasteiger partial charge in [-0.25, -0.2) is 0 Å². The van der Waals surface area contributed by atoms with Crippen LogP contribution in [0.2, 0.25) is 0 Å². The molecule has 0 rings (SSSR count). The summed E-state index contributed by atoms with van der Waals surface area (Å²) in [6.45, 7) is 3.39. The summed E-state index contributed by atoms with van der Waals surface area (Å²) >= 11 is 3.31. The van der Waals surface area contributed by atoms with E-state index >= 15 is 0 Å². The van der Waals surface area contributed by atoms with Crippen LogP contribution in [0.3, 0.4) is 0 Å². The molecule has 0 fully saturated rings. The fraction of sp³-hybridized carbons (Fsp3) is 0.444. The maximum absolute atomic E-state index is 10.7. The van der Waals surface area contributed by atoms with Crippen molar-refractivity contribution < 1.29 is 4.79 Å². The van der Waals surface area contributed by atoms with Gasteiger partial charge in [-0.15, -0.1) is 0 Å². The van der Waals surface area contributed by atoms with Gasteiger partial charge in [-0.2, -0.15) is 0 Å². The summed E-state index contributed by atoms with van der Waals surface area (Å²) in [6, 6.07) is 0. The van der Waals surface area contributed by atoms with Gasteiger partial charge in [0.25, 0.3) is 0 Å². The molecular formula is C9H13BrO. The first-order valence-electron chi connectivity index (χ1n) is 3.67. The molecule has 0 aromatic heterocycles. The van der Waals surface area contributed by atoms with Crippen molar-refractivity contribution in [1.29, 1.82) is 0 Å². The zero-order valence-electron chi connectivity index (χ0n) is 6.55. The minimum atomic E-state index is 0.119. The van der Waals surface area contributed by atoms with Crippen LogP contribution in [0.15, 0.2) is 24.8 Å². The maximum Gasteiger partial charge on any atom is 0.155 e. The summed E-state index contributed by atoms with van der Waals surface area (Å²) < 4.78 is 0. The lowest BCUT2D eigenvalue weighted by molar-refractivity contribution is -0.114. The van der Waals surface area contributed by atoms with Crippen LogP contribution in [0.25, 0.3) is 0 Å². The number of hydrogen-bond donors (Lipinski definition) is 0. The minimum Gasteiger partial charge on any atom is -0.295 e. The van der Waals surface area contributed by atoms with Crippen molar-refractivity contribution in [3.63, 3.8) is 0 Å². The van der Waals surface area contributed by atoms with Crippen LogP contribution >= 0.6 is 15.9 Å². The molecule has 0 radical (unpaired) electrons. The van der Waals surface area contributed by atoms with Crippen LogP contribution in [0, 0.1) is 0 Å². The van der Waals surface area contributed by atoms with E-state index in [2.05, 4.69) is 28.6 Å². The number of carbonyl (C=O) groups is 1. The van der Waals surface area contributed by atoms with Gasteiger partial charge in [0.05, 0.1) is 0 Å². The first kappa shape index (κ1) is 10.6. The summed E-state index contributed by atoms with van der Waals surface area (Å²) in [5, 5.41) is 0.985. The quantitative estimate of drug-likeness (QED) is 0.380. The van der Waals surface area contributed by atoms with Crippen LogP contribution in [0.5, 0.6) is 0 Å². The van der Waals surface area contributed by atoms with E-state index in [4.69, 9.17) is 0 Å². The highest BCUT2D eigenvalue weighted by Crippen LogP contribution is 1.96. The molecule has 11 heavy (non-hydrogen) atoms. The summed E-state index contributed by atoms with van der Waals surface area (Å²) in [5.41, 5.74) is 0. The van der Waals surface area contributed by atoms with Gasteiger partial charge in [0, 0.05) is 11.8 Å². The van der Waals surface area contributed by atoms with Gasteiger partial charge in [-0.05, 0) is 18.9 Å². The molecule has 1 nitrogen and oxygen atoms in total. The number of allylic oxidation sites excluding steroid dienone is 3. The van der Waals surface area contributed by atoms with Gasteiger partial charge in [-0.3, -0.25) is 4.79 Å². The molecule has 0 spiro atoms. The second-order valence-corrected chi connectivity index (χ2v) is 2.95. The predicted octanol–water partition coefficient (Wildman–Crippen LogP) is 2.86. The smallest absolute Gasteiger partial charge is 0.155 e. The van der Waals surface area contributed by atoms with Crippen LogP contribution in [0.1, 0.15) is 19.3 Å². The lowest BCUT2D eigenvalue weighted by Crippen LogP contribution is -1.88. The highest BCUT2D eigenvalue weighted by Gasteiger charge is 1.90. The molecule has 0 aliphatic carbocycles. The SMILES string of the molecule is C=CC(=O)CC/C=C/CCBr. The van der Waals surface area contributed by atoms with Crippen molar-refractivity contribution in [3.8, 4) is 0 Å². The Balaban J connectivity index is 3.26. The molecule has 2 heteroatoms. The Morgan fingerprint density at radius 2 is 2.00 bits per heavy atom. The van der Waals surface area contributed by atoms with Crippen molar-refractivity contribution in [2.75, 3.05) is 5.33 Å². The maximum atomic E-state index is 10.7. The zero-order valence-corrected chi connectivity index (χ0v) is 8.14. The summed E-state index contributed by atoms with van der Waals surface area (Å²) in [7, 11) is 0.